The van der Waals surface area contributed by atoms with Crippen molar-refractivity contribution < 1.29 is 9.90 Å². The fourth-order valence-electron chi connectivity index (χ4n) is 2.99. The lowest BCUT2D eigenvalue weighted by Crippen LogP contribution is -2.55. The summed E-state index contributed by atoms with van der Waals surface area (Å²) in [5, 5.41) is 10.9. The molecule has 8 nitrogen and oxygen atoms in total. The molecule has 0 unspecified atom stereocenters. The zero-order valence-corrected chi connectivity index (χ0v) is 13.5. The topological polar surface area (TPSA) is 95.3 Å². The summed E-state index contributed by atoms with van der Waals surface area (Å²) in [5.41, 5.74) is -0.690. The zero-order valence-electron chi connectivity index (χ0n) is 13.5. The molecule has 3 heterocycles. The number of carbonyl (C=O) groups is 1. The molecule has 1 aliphatic heterocycles. The number of carbonyl (C=O) groups excluding carboxylic acids is 1. The van der Waals surface area contributed by atoms with Crippen molar-refractivity contribution in [2.45, 2.75) is 18.4 Å². The number of anilines is 1. The monoisotopic (exact) mass is 328 g/mol. The summed E-state index contributed by atoms with van der Waals surface area (Å²) in [6, 6.07) is 3.32. The summed E-state index contributed by atoms with van der Waals surface area (Å²) < 4.78 is 0. The molecule has 2 aromatic heterocycles. The molecule has 0 aliphatic carbocycles. The molecule has 1 fully saturated rings. The van der Waals surface area contributed by atoms with Crippen LogP contribution in [0.3, 0.4) is 0 Å². The largest absolute Gasteiger partial charge is 0.386 e. The zero-order chi connectivity index (χ0) is 17.0. The van der Waals surface area contributed by atoms with Crippen LogP contribution in [0.4, 0.5) is 5.95 Å². The van der Waals surface area contributed by atoms with Crippen molar-refractivity contribution in [1.82, 2.24) is 24.8 Å². The molecular formula is C16H20N6O2. The Morgan fingerprint density at radius 1 is 1.33 bits per heavy atom. The van der Waals surface area contributed by atoms with Crippen LogP contribution >= 0.6 is 0 Å². The number of aliphatic hydroxyl groups is 1. The summed E-state index contributed by atoms with van der Waals surface area (Å²) in [5.74, 6) is 0.360. The number of piperidine rings is 1. The van der Waals surface area contributed by atoms with Gasteiger partial charge in [-0.05, 0) is 25.0 Å². The van der Waals surface area contributed by atoms with E-state index >= 15 is 0 Å². The molecule has 1 amide bonds. The fourth-order valence-corrected chi connectivity index (χ4v) is 2.99. The van der Waals surface area contributed by atoms with E-state index in [4.69, 9.17) is 0 Å². The van der Waals surface area contributed by atoms with Crippen LogP contribution in [-0.2, 0) is 0 Å². The Kier molecular flexibility index (Phi) is 4.66. The first-order valence-corrected chi connectivity index (χ1v) is 7.83. The van der Waals surface area contributed by atoms with Gasteiger partial charge in [0.1, 0.15) is 12.0 Å². The summed E-state index contributed by atoms with van der Waals surface area (Å²) in [7, 11) is 1.67. The van der Waals surface area contributed by atoms with E-state index in [1.165, 1.54) is 17.4 Å². The van der Waals surface area contributed by atoms with Gasteiger partial charge in [-0.2, -0.15) is 0 Å². The minimum Gasteiger partial charge on any atom is -0.386 e. The third kappa shape index (κ3) is 3.65. The molecule has 0 bridgehead atoms. The van der Waals surface area contributed by atoms with Crippen molar-refractivity contribution in [3.63, 3.8) is 0 Å². The number of likely N-dealkylation sites (N-methyl/N-ethyl adjacent to an activating group) is 1. The third-order valence-electron chi connectivity index (χ3n) is 4.07. The van der Waals surface area contributed by atoms with Crippen LogP contribution in [0.2, 0.25) is 0 Å². The molecule has 1 aliphatic rings. The predicted octanol–water partition coefficient (Wildman–Crippen LogP) is 0.370. The van der Waals surface area contributed by atoms with E-state index in [1.54, 1.807) is 31.6 Å². The maximum Gasteiger partial charge on any atom is 0.272 e. The van der Waals surface area contributed by atoms with Gasteiger partial charge >= 0.3 is 0 Å². The Bertz CT molecular complexity index is 683. The minimum atomic E-state index is -1.01. The van der Waals surface area contributed by atoms with E-state index in [2.05, 4.69) is 19.9 Å². The van der Waals surface area contributed by atoms with E-state index in [9.17, 15) is 9.90 Å². The van der Waals surface area contributed by atoms with E-state index in [0.29, 0.717) is 24.6 Å². The van der Waals surface area contributed by atoms with Gasteiger partial charge in [-0.3, -0.25) is 4.79 Å². The highest BCUT2D eigenvalue weighted by molar-refractivity contribution is 5.92. The average Bonchev–Trinajstić information content (AvgIpc) is 2.62. The van der Waals surface area contributed by atoms with Gasteiger partial charge < -0.3 is 14.9 Å². The van der Waals surface area contributed by atoms with Gasteiger partial charge in [0.2, 0.25) is 5.95 Å². The number of hydrogen-bond acceptors (Lipinski definition) is 7. The van der Waals surface area contributed by atoms with Gasteiger partial charge in [0.25, 0.3) is 5.91 Å². The fraction of sp³-hybridized carbons (Fsp3) is 0.438. The van der Waals surface area contributed by atoms with Crippen molar-refractivity contribution in [1.29, 1.82) is 0 Å². The maximum absolute atomic E-state index is 12.4. The van der Waals surface area contributed by atoms with E-state index < -0.39 is 5.60 Å². The van der Waals surface area contributed by atoms with Crippen molar-refractivity contribution in [3.05, 3.63) is 42.7 Å². The number of nitrogens with zero attached hydrogens (tertiary/aromatic N) is 6. The van der Waals surface area contributed by atoms with Crippen molar-refractivity contribution in [3.8, 4) is 0 Å². The molecule has 8 heteroatoms. The summed E-state index contributed by atoms with van der Waals surface area (Å²) in [6.45, 7) is 1.40. The number of hydrogen-bond donors (Lipinski definition) is 1. The Labute approximate surface area is 140 Å². The molecule has 3 rings (SSSR count). The van der Waals surface area contributed by atoms with Crippen LogP contribution in [0, 0.1) is 0 Å². The first kappa shape index (κ1) is 16.3. The number of aromatic nitrogens is 4. The van der Waals surface area contributed by atoms with Crippen LogP contribution in [-0.4, -0.2) is 68.1 Å². The standard InChI is InChI=1S/C16H20N6O2/c1-21(14(23)13-4-8-17-12-20-13)10-16(24)5-2-9-22(11-16)15-18-6-3-7-19-15/h3-4,6-8,12,24H,2,5,9-11H2,1H3/t16-/m1/s1. The van der Waals surface area contributed by atoms with Crippen LogP contribution in [0.5, 0.6) is 0 Å². The van der Waals surface area contributed by atoms with Gasteiger partial charge in [-0.15, -0.1) is 0 Å². The lowest BCUT2D eigenvalue weighted by atomic mass is 9.92. The lowest BCUT2D eigenvalue weighted by molar-refractivity contribution is -0.000444. The van der Waals surface area contributed by atoms with Gasteiger partial charge in [-0.1, -0.05) is 0 Å². The van der Waals surface area contributed by atoms with Crippen LogP contribution in [0.25, 0.3) is 0 Å². The number of amides is 1. The van der Waals surface area contributed by atoms with Crippen molar-refractivity contribution in [2.75, 3.05) is 31.6 Å². The molecule has 24 heavy (non-hydrogen) atoms. The lowest BCUT2D eigenvalue weighted by Gasteiger charge is -2.41. The molecule has 126 valence electrons. The van der Waals surface area contributed by atoms with E-state index in [1.807, 2.05) is 4.90 Å². The Morgan fingerprint density at radius 2 is 2.12 bits per heavy atom. The second-order valence-corrected chi connectivity index (χ2v) is 6.05. The molecule has 1 atom stereocenters. The summed E-state index contributed by atoms with van der Waals surface area (Å²) in [6.07, 6.45) is 7.66. The predicted molar refractivity (Wildman–Crippen MR) is 87.4 cm³/mol. The maximum atomic E-state index is 12.4. The molecule has 0 aromatic carbocycles. The van der Waals surface area contributed by atoms with Gasteiger partial charge in [-0.25, -0.2) is 19.9 Å². The highest BCUT2D eigenvalue weighted by Crippen LogP contribution is 2.24. The Morgan fingerprint density at radius 3 is 2.83 bits per heavy atom. The molecule has 1 N–H and O–H groups in total. The highest BCUT2D eigenvalue weighted by atomic mass is 16.3. The SMILES string of the molecule is CN(C[C@]1(O)CCCN(c2ncccn2)C1)C(=O)c1ccncn1. The van der Waals surface area contributed by atoms with Crippen LogP contribution in [0.1, 0.15) is 23.3 Å². The second-order valence-electron chi connectivity index (χ2n) is 6.05. The smallest absolute Gasteiger partial charge is 0.272 e. The normalized spacial score (nSPS) is 20.7. The van der Waals surface area contributed by atoms with Gasteiger partial charge in [0.15, 0.2) is 0 Å². The second kappa shape index (κ2) is 6.88. The van der Waals surface area contributed by atoms with Crippen LogP contribution in [0.15, 0.2) is 37.1 Å². The molecule has 0 radical (unpaired) electrons. The Hall–Kier alpha value is -2.61. The van der Waals surface area contributed by atoms with Crippen LogP contribution < -0.4 is 4.90 Å². The van der Waals surface area contributed by atoms with Crippen molar-refractivity contribution >= 4 is 11.9 Å². The third-order valence-corrected chi connectivity index (χ3v) is 4.07. The first-order chi connectivity index (χ1) is 11.6. The first-order valence-electron chi connectivity index (χ1n) is 7.83. The molecule has 0 spiro atoms. The summed E-state index contributed by atoms with van der Waals surface area (Å²) >= 11 is 0. The quantitative estimate of drug-likeness (QED) is 0.866. The van der Waals surface area contributed by atoms with Gasteiger partial charge in [0.05, 0.1) is 18.7 Å². The highest BCUT2D eigenvalue weighted by Gasteiger charge is 2.36. The minimum absolute atomic E-state index is 0.221. The number of β-amino-alcohol motifs (C(OH)–C–C–N with tert-alkyl or cyclic N) is 1. The molecule has 2 aromatic rings. The molecular weight excluding hydrogens is 308 g/mol. The average molecular weight is 328 g/mol. The summed E-state index contributed by atoms with van der Waals surface area (Å²) in [4.78, 5) is 32.1. The molecule has 0 saturated carbocycles. The van der Waals surface area contributed by atoms with Gasteiger partial charge in [0, 0.05) is 32.2 Å². The van der Waals surface area contributed by atoms with Crippen molar-refractivity contribution in [2.24, 2.45) is 0 Å². The van der Waals surface area contributed by atoms with E-state index in [0.717, 1.165) is 13.0 Å². The number of rotatable bonds is 4. The van der Waals surface area contributed by atoms with E-state index in [-0.39, 0.29) is 12.5 Å². The molecule has 1 saturated heterocycles. The Balaban J connectivity index is 1.68.